The van der Waals surface area contributed by atoms with Gasteiger partial charge >= 0.3 is 5.97 Å². The third-order valence-corrected chi connectivity index (χ3v) is 3.98. The van der Waals surface area contributed by atoms with Crippen molar-refractivity contribution >= 4 is 22.6 Å². The largest absolute Gasteiger partial charge is 0.494 e. The van der Waals surface area contributed by atoms with Crippen LogP contribution >= 0.6 is 0 Å². The highest BCUT2D eigenvalue weighted by Gasteiger charge is 2.04. The average Bonchev–Trinajstić information content (AvgIpc) is 2.61. The van der Waals surface area contributed by atoms with Crippen molar-refractivity contribution in [2.45, 2.75) is 32.6 Å². The van der Waals surface area contributed by atoms with Gasteiger partial charge in [-0.15, -0.1) is 0 Å². The van der Waals surface area contributed by atoms with E-state index in [9.17, 15) is 9.59 Å². The van der Waals surface area contributed by atoms with E-state index < -0.39 is 0 Å². The summed E-state index contributed by atoms with van der Waals surface area (Å²) in [5.41, 5.74) is 1.18. The minimum atomic E-state index is -0.186. The fourth-order valence-corrected chi connectivity index (χ4v) is 2.66. The summed E-state index contributed by atoms with van der Waals surface area (Å²) in [6.45, 7) is 2.71. The molecule has 0 saturated carbocycles. The van der Waals surface area contributed by atoms with Crippen molar-refractivity contribution < 1.29 is 19.1 Å². The van der Waals surface area contributed by atoms with Gasteiger partial charge in [0.2, 0.25) is 5.91 Å². The molecular formula is C20H25NO4. The topological polar surface area (TPSA) is 64.6 Å². The zero-order valence-electron chi connectivity index (χ0n) is 14.8. The maximum Gasteiger partial charge on any atom is 0.305 e. The summed E-state index contributed by atoms with van der Waals surface area (Å²) in [5.74, 6) is 0.614. The number of nitrogens with one attached hydrogen (secondary N) is 1. The van der Waals surface area contributed by atoms with Gasteiger partial charge in [-0.2, -0.15) is 0 Å². The number of hydrogen-bond acceptors (Lipinski definition) is 4. The second kappa shape index (κ2) is 9.67. The van der Waals surface area contributed by atoms with Crippen LogP contribution in [-0.2, 0) is 20.7 Å². The molecule has 25 heavy (non-hydrogen) atoms. The number of amides is 1. The molecule has 0 aliphatic heterocycles. The number of carbonyl (C=O) groups is 2. The van der Waals surface area contributed by atoms with Crippen molar-refractivity contribution in [3.63, 3.8) is 0 Å². The van der Waals surface area contributed by atoms with Crippen molar-refractivity contribution in [1.29, 1.82) is 0 Å². The molecule has 0 fully saturated rings. The van der Waals surface area contributed by atoms with Crippen molar-refractivity contribution in [3.8, 4) is 5.75 Å². The Morgan fingerprint density at radius 1 is 1.12 bits per heavy atom. The summed E-state index contributed by atoms with van der Waals surface area (Å²) in [4.78, 5) is 22.1. The van der Waals surface area contributed by atoms with Gasteiger partial charge in [0, 0.05) is 19.9 Å². The first kappa shape index (κ1) is 18.8. The van der Waals surface area contributed by atoms with Crippen LogP contribution in [0.4, 0.5) is 0 Å². The average molecular weight is 343 g/mol. The van der Waals surface area contributed by atoms with Gasteiger partial charge in [-0.1, -0.05) is 24.3 Å². The lowest BCUT2D eigenvalue weighted by atomic mass is 10.0. The molecule has 0 heterocycles. The first-order valence-corrected chi connectivity index (χ1v) is 8.56. The molecular weight excluding hydrogens is 318 g/mol. The third-order valence-electron chi connectivity index (χ3n) is 3.98. The fraction of sp³-hybridized carbons (Fsp3) is 0.400. The van der Waals surface area contributed by atoms with Crippen LogP contribution in [0.25, 0.3) is 10.8 Å². The van der Waals surface area contributed by atoms with E-state index in [0.717, 1.165) is 35.8 Å². The van der Waals surface area contributed by atoms with Crippen LogP contribution in [0.5, 0.6) is 5.75 Å². The molecule has 0 aliphatic rings. The predicted octanol–water partition coefficient (Wildman–Crippen LogP) is 3.24. The molecule has 134 valence electrons. The number of methoxy groups -OCH3 is 1. The Balaban J connectivity index is 1.95. The Morgan fingerprint density at radius 2 is 1.96 bits per heavy atom. The van der Waals surface area contributed by atoms with E-state index in [-0.39, 0.29) is 11.9 Å². The quantitative estimate of drug-likeness (QED) is 0.561. The van der Waals surface area contributed by atoms with Gasteiger partial charge < -0.3 is 14.8 Å². The maximum absolute atomic E-state index is 11.1. The second-order valence-corrected chi connectivity index (χ2v) is 5.91. The van der Waals surface area contributed by atoms with Gasteiger partial charge in [-0.3, -0.25) is 9.59 Å². The van der Waals surface area contributed by atoms with Gasteiger partial charge in [-0.25, -0.2) is 0 Å². The molecule has 2 aromatic rings. The molecule has 2 rings (SSSR count). The number of esters is 1. The normalized spacial score (nSPS) is 10.5. The summed E-state index contributed by atoms with van der Waals surface area (Å²) >= 11 is 0. The lowest BCUT2D eigenvalue weighted by molar-refractivity contribution is -0.140. The zero-order valence-corrected chi connectivity index (χ0v) is 14.8. The van der Waals surface area contributed by atoms with E-state index in [4.69, 9.17) is 4.74 Å². The van der Waals surface area contributed by atoms with Crippen molar-refractivity contribution in [2.75, 3.05) is 20.3 Å². The van der Waals surface area contributed by atoms with Crippen molar-refractivity contribution in [3.05, 3.63) is 42.0 Å². The number of ether oxygens (including phenoxy) is 2. The highest BCUT2D eigenvalue weighted by Crippen LogP contribution is 2.24. The first-order valence-electron chi connectivity index (χ1n) is 8.56. The molecule has 0 aliphatic carbocycles. The Hall–Kier alpha value is -2.56. The lowest BCUT2D eigenvalue weighted by Crippen LogP contribution is -2.22. The van der Waals surface area contributed by atoms with Crippen LogP contribution in [0.2, 0.25) is 0 Å². The molecule has 0 atom stereocenters. The van der Waals surface area contributed by atoms with Gasteiger partial charge in [0.25, 0.3) is 0 Å². The molecule has 1 amide bonds. The van der Waals surface area contributed by atoms with Crippen molar-refractivity contribution in [1.82, 2.24) is 5.32 Å². The van der Waals surface area contributed by atoms with Crippen LogP contribution in [0, 0.1) is 0 Å². The van der Waals surface area contributed by atoms with Crippen LogP contribution in [-0.4, -0.2) is 32.1 Å². The molecule has 2 aromatic carbocycles. The first-order chi connectivity index (χ1) is 12.1. The lowest BCUT2D eigenvalue weighted by Gasteiger charge is -2.10. The van der Waals surface area contributed by atoms with Gasteiger partial charge in [0.05, 0.1) is 13.7 Å². The van der Waals surface area contributed by atoms with Gasteiger partial charge in [0.15, 0.2) is 0 Å². The maximum atomic E-state index is 11.1. The van der Waals surface area contributed by atoms with E-state index >= 15 is 0 Å². The molecule has 1 N–H and O–H groups in total. The number of carbonyl (C=O) groups excluding carboxylic acids is 2. The Morgan fingerprint density at radius 3 is 2.72 bits per heavy atom. The molecule has 5 nitrogen and oxygen atoms in total. The molecule has 0 spiro atoms. The van der Waals surface area contributed by atoms with E-state index in [2.05, 4.69) is 22.2 Å². The number of fused-ring (bicyclic) bond motifs is 1. The number of unbranched alkanes of at least 4 members (excludes halogenated alkanes) is 1. The summed E-state index contributed by atoms with van der Waals surface area (Å²) in [5, 5.41) is 5.12. The molecule has 0 aromatic heterocycles. The van der Waals surface area contributed by atoms with Crippen LogP contribution in [0.3, 0.4) is 0 Å². The van der Waals surface area contributed by atoms with E-state index in [1.807, 2.05) is 24.3 Å². The van der Waals surface area contributed by atoms with Crippen LogP contribution in [0.15, 0.2) is 36.4 Å². The monoisotopic (exact) mass is 343 g/mol. The summed E-state index contributed by atoms with van der Waals surface area (Å²) < 4.78 is 10.4. The number of benzene rings is 2. The molecule has 5 heteroatoms. The van der Waals surface area contributed by atoms with Crippen LogP contribution in [0.1, 0.15) is 31.7 Å². The summed E-state index contributed by atoms with van der Waals surface area (Å²) in [7, 11) is 1.40. The Bertz CT molecular complexity index is 727. The van der Waals surface area contributed by atoms with Gasteiger partial charge in [0.1, 0.15) is 5.75 Å². The molecule has 0 radical (unpaired) electrons. The highest BCUT2D eigenvalue weighted by molar-refractivity contribution is 5.87. The van der Waals surface area contributed by atoms with Crippen LogP contribution < -0.4 is 10.1 Å². The minimum Gasteiger partial charge on any atom is -0.494 e. The third kappa shape index (κ3) is 6.10. The number of hydrogen-bond donors (Lipinski definition) is 1. The standard InChI is InChI=1S/C20H25NO4/c1-15(22)21-12-11-17-7-5-6-16-9-10-18(14-19(16)17)25-13-4-3-8-20(23)24-2/h5-7,9-10,14H,3-4,8,11-13H2,1-2H3,(H,21,22). The molecule has 0 bridgehead atoms. The van der Waals surface area contributed by atoms with E-state index in [0.29, 0.717) is 19.6 Å². The van der Waals surface area contributed by atoms with Crippen molar-refractivity contribution in [2.24, 2.45) is 0 Å². The van der Waals surface area contributed by atoms with Gasteiger partial charge in [-0.05, 0) is 47.7 Å². The van der Waals surface area contributed by atoms with E-state index in [1.165, 1.54) is 19.6 Å². The molecule has 0 unspecified atom stereocenters. The Labute approximate surface area is 148 Å². The molecule has 0 saturated heterocycles. The smallest absolute Gasteiger partial charge is 0.305 e. The highest BCUT2D eigenvalue weighted by atomic mass is 16.5. The minimum absolute atomic E-state index is 0.0174. The second-order valence-electron chi connectivity index (χ2n) is 5.91. The summed E-state index contributed by atoms with van der Waals surface area (Å²) in [6.07, 6.45) is 2.75. The number of rotatable bonds is 9. The van der Waals surface area contributed by atoms with E-state index in [1.54, 1.807) is 0 Å². The zero-order chi connectivity index (χ0) is 18.1. The SMILES string of the molecule is COC(=O)CCCCOc1ccc2cccc(CCNC(C)=O)c2c1. The summed E-state index contributed by atoms with van der Waals surface area (Å²) in [6, 6.07) is 12.2. The fourth-order valence-electron chi connectivity index (χ4n) is 2.66. The predicted molar refractivity (Wildman–Crippen MR) is 97.7 cm³/mol. The Kier molecular flexibility index (Phi) is 7.26.